The van der Waals surface area contributed by atoms with Crippen molar-refractivity contribution < 1.29 is 0 Å². The lowest BCUT2D eigenvalue weighted by Crippen LogP contribution is -2.17. The van der Waals surface area contributed by atoms with Crippen LogP contribution in [0.5, 0.6) is 0 Å². The fourth-order valence-corrected chi connectivity index (χ4v) is 1.48. The van der Waals surface area contributed by atoms with Crippen LogP contribution < -0.4 is 5.73 Å². The second-order valence-corrected chi connectivity index (χ2v) is 3.67. The molecule has 0 spiro atoms. The van der Waals surface area contributed by atoms with Gasteiger partial charge in [-0.2, -0.15) is 5.26 Å². The number of nitriles is 1. The molecule has 1 aromatic heterocycles. The van der Waals surface area contributed by atoms with Gasteiger partial charge < -0.3 is 5.73 Å². The van der Waals surface area contributed by atoms with Crippen molar-refractivity contribution >= 4 is 0 Å². The van der Waals surface area contributed by atoms with E-state index < -0.39 is 0 Å². The largest absolute Gasteiger partial charge is 0.330 e. The molecule has 0 aliphatic rings. The summed E-state index contributed by atoms with van der Waals surface area (Å²) in [7, 11) is 0. The Morgan fingerprint density at radius 2 is 2.21 bits per heavy atom. The molecule has 0 saturated heterocycles. The normalized spacial score (nSPS) is 12.5. The molecule has 0 saturated carbocycles. The van der Waals surface area contributed by atoms with Gasteiger partial charge in [-0.05, 0) is 30.0 Å². The van der Waals surface area contributed by atoms with Gasteiger partial charge in [0, 0.05) is 6.20 Å². The topological polar surface area (TPSA) is 62.7 Å². The minimum absolute atomic E-state index is 0.329. The Morgan fingerprint density at radius 1 is 1.50 bits per heavy atom. The summed E-state index contributed by atoms with van der Waals surface area (Å²) in [6, 6.07) is 5.67. The third-order valence-electron chi connectivity index (χ3n) is 2.39. The third-order valence-corrected chi connectivity index (χ3v) is 2.39. The fourth-order valence-electron chi connectivity index (χ4n) is 1.48. The van der Waals surface area contributed by atoms with E-state index >= 15 is 0 Å². The second kappa shape index (κ2) is 4.73. The molecule has 1 aromatic rings. The lowest BCUT2D eigenvalue weighted by atomic mass is 9.89. The second-order valence-electron chi connectivity index (χ2n) is 3.67. The molecule has 0 aliphatic heterocycles. The van der Waals surface area contributed by atoms with Crippen LogP contribution in [0.15, 0.2) is 18.3 Å². The van der Waals surface area contributed by atoms with Crippen LogP contribution in [0.25, 0.3) is 0 Å². The van der Waals surface area contributed by atoms with Crippen molar-refractivity contribution in [2.45, 2.75) is 19.8 Å². The lowest BCUT2D eigenvalue weighted by molar-refractivity contribution is 0.505. The highest BCUT2D eigenvalue weighted by atomic mass is 14.7. The molecule has 3 nitrogen and oxygen atoms in total. The van der Waals surface area contributed by atoms with Gasteiger partial charge in [0.1, 0.15) is 11.8 Å². The van der Waals surface area contributed by atoms with Crippen LogP contribution >= 0.6 is 0 Å². The maximum absolute atomic E-state index is 8.60. The molecule has 1 unspecified atom stereocenters. The summed E-state index contributed by atoms with van der Waals surface area (Å²) in [6.45, 7) is 4.89. The Balaban J connectivity index is 2.90. The predicted octanol–water partition coefficient (Wildman–Crippen LogP) is 1.65. The maximum atomic E-state index is 8.60. The third kappa shape index (κ3) is 2.30. The first-order valence-electron chi connectivity index (χ1n) is 4.75. The summed E-state index contributed by atoms with van der Waals surface area (Å²) in [5.74, 6) is 0.824. The Bertz CT molecular complexity index is 321. The van der Waals surface area contributed by atoms with E-state index in [9.17, 15) is 0 Å². The maximum Gasteiger partial charge on any atom is 0.140 e. The SMILES string of the molecule is CC(C)C(CN)c1ccc(C#N)nc1. The van der Waals surface area contributed by atoms with Crippen LogP contribution in [-0.2, 0) is 0 Å². The number of hydrogen-bond acceptors (Lipinski definition) is 3. The molecule has 2 N–H and O–H groups in total. The van der Waals surface area contributed by atoms with Gasteiger partial charge in [-0.15, -0.1) is 0 Å². The van der Waals surface area contributed by atoms with Crippen molar-refractivity contribution in [2.24, 2.45) is 11.7 Å². The van der Waals surface area contributed by atoms with E-state index in [0.29, 0.717) is 24.1 Å². The lowest BCUT2D eigenvalue weighted by Gasteiger charge is -2.18. The molecule has 0 fully saturated rings. The van der Waals surface area contributed by atoms with Crippen LogP contribution in [0.3, 0.4) is 0 Å². The monoisotopic (exact) mass is 189 g/mol. The van der Waals surface area contributed by atoms with Crippen LogP contribution in [0, 0.1) is 17.2 Å². The zero-order valence-electron chi connectivity index (χ0n) is 8.57. The molecule has 14 heavy (non-hydrogen) atoms. The fraction of sp³-hybridized carbons (Fsp3) is 0.455. The summed E-state index contributed by atoms with van der Waals surface area (Å²) in [6.07, 6.45) is 1.75. The highest BCUT2D eigenvalue weighted by Gasteiger charge is 2.13. The minimum atomic E-state index is 0.329. The summed E-state index contributed by atoms with van der Waals surface area (Å²) < 4.78 is 0. The molecule has 1 atom stereocenters. The number of hydrogen-bond donors (Lipinski definition) is 1. The number of nitrogens with two attached hydrogens (primary N) is 1. The van der Waals surface area contributed by atoms with Crippen LogP contribution in [-0.4, -0.2) is 11.5 Å². The van der Waals surface area contributed by atoms with Gasteiger partial charge in [-0.25, -0.2) is 4.98 Å². The molecule has 0 amide bonds. The van der Waals surface area contributed by atoms with E-state index in [-0.39, 0.29) is 0 Å². The number of aromatic nitrogens is 1. The number of rotatable bonds is 3. The van der Waals surface area contributed by atoms with Gasteiger partial charge in [0.25, 0.3) is 0 Å². The van der Waals surface area contributed by atoms with Crippen LogP contribution in [0.1, 0.15) is 31.0 Å². The Hall–Kier alpha value is -1.40. The predicted molar refractivity (Wildman–Crippen MR) is 55.6 cm³/mol. The van der Waals surface area contributed by atoms with Crippen molar-refractivity contribution in [3.63, 3.8) is 0 Å². The quantitative estimate of drug-likeness (QED) is 0.786. The van der Waals surface area contributed by atoms with Crippen molar-refractivity contribution in [3.05, 3.63) is 29.6 Å². The van der Waals surface area contributed by atoms with E-state index in [4.69, 9.17) is 11.0 Å². The zero-order chi connectivity index (χ0) is 10.6. The summed E-state index contributed by atoms with van der Waals surface area (Å²) in [5, 5.41) is 8.60. The van der Waals surface area contributed by atoms with Crippen molar-refractivity contribution in [3.8, 4) is 6.07 Å². The highest BCUT2D eigenvalue weighted by Crippen LogP contribution is 2.22. The van der Waals surface area contributed by atoms with Gasteiger partial charge in [0.15, 0.2) is 0 Å². The van der Waals surface area contributed by atoms with Crippen molar-refractivity contribution in [1.29, 1.82) is 5.26 Å². The van der Waals surface area contributed by atoms with Crippen LogP contribution in [0.4, 0.5) is 0 Å². The molecule has 0 aliphatic carbocycles. The van der Waals surface area contributed by atoms with Gasteiger partial charge in [-0.3, -0.25) is 0 Å². The number of nitrogens with zero attached hydrogens (tertiary/aromatic N) is 2. The average molecular weight is 189 g/mol. The average Bonchev–Trinajstić information content (AvgIpc) is 2.19. The molecular weight excluding hydrogens is 174 g/mol. The smallest absolute Gasteiger partial charge is 0.140 e. The zero-order valence-corrected chi connectivity index (χ0v) is 8.57. The molecule has 0 aromatic carbocycles. The minimum Gasteiger partial charge on any atom is -0.330 e. The van der Waals surface area contributed by atoms with E-state index in [1.54, 1.807) is 12.3 Å². The standard InChI is InChI=1S/C11H15N3/c1-8(2)11(6-13)9-3-4-10(5-12)14-7-9/h3-4,7-8,11H,6,13H2,1-2H3. The van der Waals surface area contributed by atoms with Crippen LogP contribution in [0.2, 0.25) is 0 Å². The molecule has 1 rings (SSSR count). The van der Waals surface area contributed by atoms with E-state index in [2.05, 4.69) is 18.8 Å². The van der Waals surface area contributed by atoms with Gasteiger partial charge in [-0.1, -0.05) is 19.9 Å². The summed E-state index contributed by atoms with van der Waals surface area (Å²) >= 11 is 0. The Morgan fingerprint density at radius 3 is 2.57 bits per heavy atom. The molecular formula is C11H15N3. The summed E-state index contributed by atoms with van der Waals surface area (Å²) in [5.41, 5.74) is 7.25. The molecule has 74 valence electrons. The first kappa shape index (κ1) is 10.7. The molecule has 0 bridgehead atoms. The molecule has 0 radical (unpaired) electrons. The highest BCUT2D eigenvalue weighted by molar-refractivity contribution is 5.25. The van der Waals surface area contributed by atoms with Gasteiger partial charge in [0.2, 0.25) is 0 Å². The Labute approximate surface area is 84.6 Å². The number of pyridine rings is 1. The van der Waals surface area contributed by atoms with Gasteiger partial charge >= 0.3 is 0 Å². The first-order valence-corrected chi connectivity index (χ1v) is 4.75. The molecule has 3 heteroatoms. The first-order chi connectivity index (χ1) is 6.69. The molecule has 1 heterocycles. The van der Waals surface area contributed by atoms with Crippen molar-refractivity contribution in [1.82, 2.24) is 4.98 Å². The van der Waals surface area contributed by atoms with Crippen molar-refractivity contribution in [2.75, 3.05) is 6.54 Å². The Kier molecular flexibility index (Phi) is 3.61. The van der Waals surface area contributed by atoms with E-state index in [1.165, 1.54) is 0 Å². The van der Waals surface area contributed by atoms with E-state index in [0.717, 1.165) is 5.56 Å². The summed E-state index contributed by atoms with van der Waals surface area (Å²) in [4.78, 5) is 4.03. The van der Waals surface area contributed by atoms with E-state index in [1.807, 2.05) is 12.1 Å². The van der Waals surface area contributed by atoms with Gasteiger partial charge in [0.05, 0.1) is 0 Å².